The lowest BCUT2D eigenvalue weighted by Crippen LogP contribution is -2.31. The number of furan rings is 1. The monoisotopic (exact) mass is 474 g/mol. The molecule has 1 aliphatic rings. The summed E-state index contributed by atoms with van der Waals surface area (Å²) in [6.45, 7) is 6.76. The SMILES string of the molecule is CNC(=O)c1c(-c2ccc(Oc3ccc(F)cc3)cc2)oc2cc3c(cc12)[C@@H](C)OC(C)(C)CN3. The van der Waals surface area contributed by atoms with Crippen molar-refractivity contribution in [1.29, 1.82) is 0 Å². The van der Waals surface area contributed by atoms with Crippen molar-refractivity contribution < 1.29 is 23.1 Å². The van der Waals surface area contributed by atoms with Crippen LogP contribution in [0.5, 0.6) is 11.5 Å². The van der Waals surface area contributed by atoms with Crippen LogP contribution >= 0.6 is 0 Å². The van der Waals surface area contributed by atoms with E-state index in [9.17, 15) is 9.18 Å². The summed E-state index contributed by atoms with van der Waals surface area (Å²) < 4.78 is 31.4. The number of halogens is 1. The highest BCUT2D eigenvalue weighted by Crippen LogP contribution is 2.41. The van der Waals surface area contributed by atoms with E-state index in [4.69, 9.17) is 13.9 Å². The van der Waals surface area contributed by atoms with Crippen molar-refractivity contribution in [3.8, 4) is 22.8 Å². The second-order valence-corrected chi connectivity index (χ2v) is 9.27. The molecule has 7 heteroatoms. The van der Waals surface area contributed by atoms with Crippen molar-refractivity contribution in [3.63, 3.8) is 0 Å². The maximum atomic E-state index is 13.2. The number of amides is 1. The van der Waals surface area contributed by atoms with Crippen LogP contribution in [0.1, 0.15) is 42.8 Å². The lowest BCUT2D eigenvalue weighted by atomic mass is 10.0. The smallest absolute Gasteiger partial charge is 0.255 e. The standard InChI is InChI=1S/C28H27FN2O4/c1-16-21-13-22-24(14-23(21)31-15-28(2,3)35-16)34-26(25(22)27(32)30-4)17-5-9-19(10-6-17)33-20-11-7-18(29)8-12-20/h5-14,16,31H,15H2,1-4H3,(H,30,32)/t16-/m1/s1. The quantitative estimate of drug-likeness (QED) is 0.345. The highest BCUT2D eigenvalue weighted by Gasteiger charge is 2.30. The van der Waals surface area contributed by atoms with Crippen molar-refractivity contribution in [3.05, 3.63) is 77.6 Å². The topological polar surface area (TPSA) is 72.7 Å². The summed E-state index contributed by atoms with van der Waals surface area (Å²) in [6.07, 6.45) is -0.154. The van der Waals surface area contributed by atoms with Gasteiger partial charge in [-0.25, -0.2) is 4.39 Å². The molecule has 0 saturated carbocycles. The van der Waals surface area contributed by atoms with Gasteiger partial charge in [-0.2, -0.15) is 0 Å². The van der Waals surface area contributed by atoms with Crippen LogP contribution in [-0.4, -0.2) is 25.1 Å². The van der Waals surface area contributed by atoms with Gasteiger partial charge in [0.05, 0.1) is 17.3 Å². The predicted octanol–water partition coefficient (Wildman–Crippen LogP) is 6.67. The van der Waals surface area contributed by atoms with E-state index in [0.29, 0.717) is 35.0 Å². The Bertz CT molecular complexity index is 1390. The molecule has 4 aromatic rings. The minimum Gasteiger partial charge on any atom is -0.457 e. The van der Waals surface area contributed by atoms with Gasteiger partial charge < -0.3 is 24.5 Å². The van der Waals surface area contributed by atoms with E-state index in [1.54, 1.807) is 31.3 Å². The Morgan fingerprint density at radius 2 is 1.74 bits per heavy atom. The number of rotatable bonds is 4. The van der Waals surface area contributed by atoms with E-state index in [2.05, 4.69) is 10.6 Å². The minimum atomic E-state index is -0.327. The average molecular weight is 475 g/mol. The van der Waals surface area contributed by atoms with Crippen molar-refractivity contribution in [2.24, 2.45) is 0 Å². The number of fused-ring (bicyclic) bond motifs is 2. The maximum Gasteiger partial charge on any atom is 0.255 e. The van der Waals surface area contributed by atoms with Gasteiger partial charge in [0.1, 0.15) is 28.7 Å². The lowest BCUT2D eigenvalue weighted by molar-refractivity contribution is -0.0529. The molecule has 1 aromatic heterocycles. The van der Waals surface area contributed by atoms with Gasteiger partial charge in [0.25, 0.3) is 5.91 Å². The summed E-state index contributed by atoms with van der Waals surface area (Å²) in [6, 6.07) is 17.0. The molecule has 0 unspecified atom stereocenters. The van der Waals surface area contributed by atoms with E-state index in [1.165, 1.54) is 12.1 Å². The molecule has 1 atom stereocenters. The van der Waals surface area contributed by atoms with Crippen LogP contribution in [0.25, 0.3) is 22.3 Å². The van der Waals surface area contributed by atoms with Crippen LogP contribution in [0.3, 0.4) is 0 Å². The molecule has 180 valence electrons. The third-order valence-corrected chi connectivity index (χ3v) is 6.12. The first-order valence-corrected chi connectivity index (χ1v) is 11.5. The Morgan fingerprint density at radius 3 is 2.40 bits per heavy atom. The Kier molecular flexibility index (Phi) is 5.73. The van der Waals surface area contributed by atoms with Crippen LogP contribution in [0.4, 0.5) is 10.1 Å². The number of nitrogens with one attached hydrogen (secondary N) is 2. The van der Waals surface area contributed by atoms with Crippen LogP contribution in [0.15, 0.2) is 65.1 Å². The molecule has 3 aromatic carbocycles. The van der Waals surface area contributed by atoms with Crippen molar-refractivity contribution in [2.75, 3.05) is 18.9 Å². The van der Waals surface area contributed by atoms with E-state index in [-0.39, 0.29) is 23.4 Å². The van der Waals surface area contributed by atoms with E-state index < -0.39 is 0 Å². The van der Waals surface area contributed by atoms with E-state index >= 15 is 0 Å². The molecule has 2 heterocycles. The fourth-order valence-corrected chi connectivity index (χ4v) is 4.41. The van der Waals surface area contributed by atoms with Gasteiger partial charge in [-0.1, -0.05) is 0 Å². The number of ether oxygens (including phenoxy) is 2. The summed E-state index contributed by atoms with van der Waals surface area (Å²) in [5.74, 6) is 1.03. The second-order valence-electron chi connectivity index (χ2n) is 9.27. The van der Waals surface area contributed by atoms with Crippen LogP contribution in [-0.2, 0) is 4.74 Å². The molecule has 0 radical (unpaired) electrons. The molecule has 0 saturated heterocycles. The fraction of sp³-hybridized carbons (Fsp3) is 0.250. The lowest BCUT2D eigenvalue weighted by Gasteiger charge is -2.25. The number of carbonyl (C=O) groups is 1. The van der Waals surface area contributed by atoms with Gasteiger partial charge >= 0.3 is 0 Å². The summed E-state index contributed by atoms with van der Waals surface area (Å²) in [5, 5.41) is 6.92. The second kappa shape index (κ2) is 8.74. The first-order chi connectivity index (χ1) is 16.7. The molecule has 0 fully saturated rings. The number of benzene rings is 3. The van der Waals surface area contributed by atoms with Crippen LogP contribution < -0.4 is 15.4 Å². The summed E-state index contributed by atoms with van der Waals surface area (Å²) in [7, 11) is 1.60. The number of carbonyl (C=O) groups excluding carboxylic acids is 1. The van der Waals surface area contributed by atoms with Crippen LogP contribution in [0, 0.1) is 5.82 Å². The molecular formula is C28H27FN2O4. The highest BCUT2D eigenvalue weighted by molar-refractivity contribution is 6.11. The van der Waals surface area contributed by atoms with E-state index in [0.717, 1.165) is 22.2 Å². The Labute approximate surface area is 203 Å². The van der Waals surface area contributed by atoms with E-state index in [1.807, 2.05) is 45.0 Å². The average Bonchev–Trinajstić information content (AvgIpc) is 3.16. The molecular weight excluding hydrogens is 447 g/mol. The third-order valence-electron chi connectivity index (χ3n) is 6.12. The largest absolute Gasteiger partial charge is 0.457 e. The van der Waals surface area contributed by atoms with Gasteiger partial charge in [-0.15, -0.1) is 0 Å². The summed E-state index contributed by atoms with van der Waals surface area (Å²) in [5.41, 5.74) is 3.40. The molecule has 0 aliphatic carbocycles. The zero-order valence-electron chi connectivity index (χ0n) is 20.1. The summed E-state index contributed by atoms with van der Waals surface area (Å²) in [4.78, 5) is 13.0. The first-order valence-electron chi connectivity index (χ1n) is 11.5. The van der Waals surface area contributed by atoms with Crippen molar-refractivity contribution >= 4 is 22.6 Å². The van der Waals surface area contributed by atoms with Crippen LogP contribution in [0.2, 0.25) is 0 Å². The summed E-state index contributed by atoms with van der Waals surface area (Å²) >= 11 is 0. The predicted molar refractivity (Wildman–Crippen MR) is 134 cm³/mol. The molecule has 0 bridgehead atoms. The molecule has 5 rings (SSSR count). The zero-order chi connectivity index (χ0) is 24.7. The molecule has 35 heavy (non-hydrogen) atoms. The van der Waals surface area contributed by atoms with Gasteiger partial charge in [0, 0.05) is 41.9 Å². The molecule has 6 nitrogen and oxygen atoms in total. The zero-order valence-corrected chi connectivity index (χ0v) is 20.1. The van der Waals surface area contributed by atoms with Gasteiger partial charge in [0.15, 0.2) is 0 Å². The minimum absolute atomic E-state index is 0.154. The van der Waals surface area contributed by atoms with Crippen molar-refractivity contribution in [1.82, 2.24) is 5.32 Å². The molecule has 1 amide bonds. The first kappa shape index (κ1) is 22.9. The molecule has 0 spiro atoms. The van der Waals surface area contributed by atoms with Gasteiger partial charge in [-0.05, 0) is 75.4 Å². The van der Waals surface area contributed by atoms with Gasteiger partial charge in [0.2, 0.25) is 0 Å². The Balaban J connectivity index is 1.55. The Hall–Kier alpha value is -3.84. The van der Waals surface area contributed by atoms with Crippen molar-refractivity contribution in [2.45, 2.75) is 32.5 Å². The molecule has 1 aliphatic heterocycles. The normalized spacial score (nSPS) is 16.8. The number of anilines is 1. The van der Waals surface area contributed by atoms with Gasteiger partial charge in [-0.3, -0.25) is 4.79 Å². The number of hydrogen-bond donors (Lipinski definition) is 2. The fourth-order valence-electron chi connectivity index (χ4n) is 4.41. The maximum absolute atomic E-state index is 13.2. The molecule has 2 N–H and O–H groups in total. The highest BCUT2D eigenvalue weighted by atomic mass is 19.1. The third kappa shape index (κ3) is 4.47. The number of hydrogen-bond acceptors (Lipinski definition) is 5. The Morgan fingerprint density at radius 1 is 1.09 bits per heavy atom.